The van der Waals surface area contributed by atoms with Gasteiger partial charge >= 0.3 is 0 Å². The number of nitrogens with one attached hydrogen (secondary N) is 1. The standard InChI is InChI=1S/C17H16N2O4/c20-14-8-11(9-15(21)16(14)22)17(23)19-18-13-7-3-5-10-4-1-2-6-12(10)13/h1-2,4,6,8-9,20-22H,3,5,7H2,(H,19,23)/b18-13+. The number of aryl methyl sites for hydroxylation is 1. The van der Waals surface area contributed by atoms with Gasteiger partial charge < -0.3 is 15.3 Å². The van der Waals surface area contributed by atoms with Crippen molar-refractivity contribution in [1.29, 1.82) is 0 Å². The minimum atomic E-state index is -0.658. The molecule has 6 nitrogen and oxygen atoms in total. The summed E-state index contributed by atoms with van der Waals surface area (Å²) in [5.74, 6) is -2.36. The zero-order valence-electron chi connectivity index (χ0n) is 12.3. The van der Waals surface area contributed by atoms with Crippen LogP contribution in [0.2, 0.25) is 0 Å². The molecule has 4 N–H and O–H groups in total. The van der Waals surface area contributed by atoms with Crippen molar-refractivity contribution in [3.8, 4) is 17.2 Å². The highest BCUT2D eigenvalue weighted by atomic mass is 16.3. The molecule has 0 saturated carbocycles. The number of benzene rings is 2. The molecule has 0 bridgehead atoms. The summed E-state index contributed by atoms with van der Waals surface area (Å²) in [5.41, 5.74) is 5.46. The normalized spacial score (nSPS) is 15.2. The van der Waals surface area contributed by atoms with Gasteiger partial charge in [-0.3, -0.25) is 4.79 Å². The summed E-state index contributed by atoms with van der Waals surface area (Å²) in [6.45, 7) is 0. The number of phenols is 3. The first kappa shape index (κ1) is 14.9. The second-order valence-corrected chi connectivity index (χ2v) is 5.37. The van der Waals surface area contributed by atoms with Gasteiger partial charge in [-0.2, -0.15) is 5.10 Å². The highest BCUT2D eigenvalue weighted by Crippen LogP contribution is 2.35. The van der Waals surface area contributed by atoms with E-state index in [9.17, 15) is 20.1 Å². The van der Waals surface area contributed by atoms with E-state index in [2.05, 4.69) is 10.5 Å². The number of carbonyl (C=O) groups excluding carboxylic acids is 1. The summed E-state index contributed by atoms with van der Waals surface area (Å²) in [6, 6.07) is 10.1. The van der Waals surface area contributed by atoms with E-state index in [1.165, 1.54) is 5.56 Å². The van der Waals surface area contributed by atoms with Crippen molar-refractivity contribution in [2.45, 2.75) is 19.3 Å². The van der Waals surface area contributed by atoms with Crippen molar-refractivity contribution in [1.82, 2.24) is 5.43 Å². The van der Waals surface area contributed by atoms with Crippen LogP contribution in [-0.2, 0) is 6.42 Å². The van der Waals surface area contributed by atoms with Crippen LogP contribution in [0.15, 0.2) is 41.5 Å². The van der Waals surface area contributed by atoms with Crippen LogP contribution in [0.3, 0.4) is 0 Å². The number of phenolic OH excluding ortho intramolecular Hbond substituents is 3. The topological polar surface area (TPSA) is 102 Å². The van der Waals surface area contributed by atoms with Gasteiger partial charge in [0.25, 0.3) is 5.91 Å². The van der Waals surface area contributed by atoms with Crippen LogP contribution in [0.1, 0.15) is 34.3 Å². The zero-order chi connectivity index (χ0) is 16.4. The predicted octanol–water partition coefficient (Wildman–Crippen LogP) is 2.27. The summed E-state index contributed by atoms with van der Waals surface area (Å²) in [6.07, 6.45) is 2.72. The van der Waals surface area contributed by atoms with Gasteiger partial charge in [-0.05, 0) is 37.0 Å². The average Bonchev–Trinajstić information content (AvgIpc) is 2.57. The summed E-state index contributed by atoms with van der Waals surface area (Å²) < 4.78 is 0. The molecule has 118 valence electrons. The van der Waals surface area contributed by atoms with Gasteiger partial charge in [0.2, 0.25) is 0 Å². The first-order valence-corrected chi connectivity index (χ1v) is 7.26. The number of fused-ring (bicyclic) bond motifs is 1. The molecule has 1 aliphatic rings. The Kier molecular flexibility index (Phi) is 3.89. The van der Waals surface area contributed by atoms with Crippen molar-refractivity contribution in [3.63, 3.8) is 0 Å². The number of rotatable bonds is 2. The van der Waals surface area contributed by atoms with E-state index >= 15 is 0 Å². The number of nitrogens with zero attached hydrogens (tertiary/aromatic N) is 1. The number of aromatic hydroxyl groups is 3. The van der Waals surface area contributed by atoms with Crippen LogP contribution < -0.4 is 5.43 Å². The smallest absolute Gasteiger partial charge is 0.271 e. The Morgan fingerprint density at radius 2 is 1.74 bits per heavy atom. The quantitative estimate of drug-likeness (QED) is 0.504. The third-order valence-corrected chi connectivity index (χ3v) is 3.81. The van der Waals surface area contributed by atoms with Crippen LogP contribution in [0.25, 0.3) is 0 Å². The van der Waals surface area contributed by atoms with Gasteiger partial charge in [-0.15, -0.1) is 0 Å². The monoisotopic (exact) mass is 312 g/mol. The molecule has 0 unspecified atom stereocenters. The Labute approximate surface area is 132 Å². The van der Waals surface area contributed by atoms with E-state index in [0.717, 1.165) is 42.7 Å². The molecule has 0 radical (unpaired) electrons. The van der Waals surface area contributed by atoms with Gasteiger partial charge in [0.05, 0.1) is 5.71 Å². The van der Waals surface area contributed by atoms with E-state index < -0.39 is 23.2 Å². The Bertz CT molecular complexity index is 776. The second-order valence-electron chi connectivity index (χ2n) is 5.37. The molecule has 0 spiro atoms. The molecule has 0 aromatic heterocycles. The van der Waals surface area contributed by atoms with Gasteiger partial charge in [0, 0.05) is 11.1 Å². The van der Waals surface area contributed by atoms with Crippen molar-refractivity contribution in [2.24, 2.45) is 5.10 Å². The van der Waals surface area contributed by atoms with E-state index in [1.807, 2.05) is 24.3 Å². The van der Waals surface area contributed by atoms with Crippen molar-refractivity contribution in [3.05, 3.63) is 53.1 Å². The molecule has 0 saturated heterocycles. The Morgan fingerprint density at radius 3 is 2.48 bits per heavy atom. The SMILES string of the molecule is O=C(N/N=C1\CCCc2ccccc21)c1cc(O)c(O)c(O)c1. The van der Waals surface area contributed by atoms with Gasteiger partial charge in [0.15, 0.2) is 17.2 Å². The number of amides is 1. The van der Waals surface area contributed by atoms with Crippen molar-refractivity contribution >= 4 is 11.6 Å². The highest BCUT2D eigenvalue weighted by molar-refractivity contribution is 6.04. The van der Waals surface area contributed by atoms with Gasteiger partial charge in [-0.25, -0.2) is 5.43 Å². The van der Waals surface area contributed by atoms with Crippen LogP contribution in [0.5, 0.6) is 17.2 Å². The summed E-state index contributed by atoms with van der Waals surface area (Å²) in [5, 5.41) is 32.4. The summed E-state index contributed by atoms with van der Waals surface area (Å²) in [7, 11) is 0. The lowest BCUT2D eigenvalue weighted by Gasteiger charge is -2.17. The van der Waals surface area contributed by atoms with E-state index in [0.29, 0.717) is 0 Å². The number of carbonyl (C=O) groups is 1. The van der Waals surface area contributed by atoms with E-state index in [1.54, 1.807) is 0 Å². The molecule has 0 heterocycles. The lowest BCUT2D eigenvalue weighted by molar-refractivity contribution is 0.0954. The summed E-state index contributed by atoms with van der Waals surface area (Å²) in [4.78, 5) is 12.1. The van der Waals surface area contributed by atoms with E-state index in [-0.39, 0.29) is 5.56 Å². The maximum absolute atomic E-state index is 12.1. The molecule has 1 amide bonds. The number of hydrazone groups is 1. The zero-order valence-corrected chi connectivity index (χ0v) is 12.3. The highest BCUT2D eigenvalue weighted by Gasteiger charge is 2.16. The van der Waals surface area contributed by atoms with Crippen LogP contribution >= 0.6 is 0 Å². The minimum absolute atomic E-state index is 0.00578. The van der Waals surface area contributed by atoms with Gasteiger partial charge in [-0.1, -0.05) is 24.3 Å². The Balaban J connectivity index is 1.82. The molecule has 0 fully saturated rings. The number of hydrogen-bond acceptors (Lipinski definition) is 5. The lowest BCUT2D eigenvalue weighted by atomic mass is 9.90. The Hall–Kier alpha value is -3.02. The molecule has 0 atom stereocenters. The lowest BCUT2D eigenvalue weighted by Crippen LogP contribution is -2.22. The average molecular weight is 312 g/mol. The third kappa shape index (κ3) is 2.96. The molecular weight excluding hydrogens is 296 g/mol. The molecule has 3 rings (SSSR count). The minimum Gasteiger partial charge on any atom is -0.504 e. The van der Waals surface area contributed by atoms with Crippen LogP contribution in [0.4, 0.5) is 0 Å². The second kappa shape index (κ2) is 6.00. The van der Waals surface area contributed by atoms with Crippen LogP contribution in [-0.4, -0.2) is 26.9 Å². The van der Waals surface area contributed by atoms with Crippen molar-refractivity contribution < 1.29 is 20.1 Å². The third-order valence-electron chi connectivity index (χ3n) is 3.81. The fraction of sp³-hybridized carbons (Fsp3) is 0.176. The fourth-order valence-corrected chi connectivity index (χ4v) is 2.64. The summed E-state index contributed by atoms with van der Waals surface area (Å²) >= 11 is 0. The molecule has 23 heavy (non-hydrogen) atoms. The Morgan fingerprint density at radius 1 is 1.04 bits per heavy atom. The van der Waals surface area contributed by atoms with Gasteiger partial charge in [0.1, 0.15) is 0 Å². The molecular formula is C17H16N2O4. The van der Waals surface area contributed by atoms with Crippen molar-refractivity contribution in [2.75, 3.05) is 0 Å². The van der Waals surface area contributed by atoms with E-state index in [4.69, 9.17) is 0 Å². The molecule has 2 aromatic carbocycles. The molecule has 1 aliphatic carbocycles. The maximum atomic E-state index is 12.1. The molecule has 0 aliphatic heterocycles. The number of hydrogen-bond donors (Lipinski definition) is 4. The molecule has 2 aromatic rings. The fourth-order valence-electron chi connectivity index (χ4n) is 2.64. The first-order chi connectivity index (χ1) is 11.1. The first-order valence-electron chi connectivity index (χ1n) is 7.26. The maximum Gasteiger partial charge on any atom is 0.271 e. The predicted molar refractivity (Wildman–Crippen MR) is 84.8 cm³/mol. The molecule has 6 heteroatoms. The largest absolute Gasteiger partial charge is 0.504 e. The van der Waals surface area contributed by atoms with Crippen LogP contribution in [0, 0.1) is 0 Å².